The molecule has 2 aromatic carbocycles. The third-order valence-electron chi connectivity index (χ3n) is 6.51. The summed E-state index contributed by atoms with van der Waals surface area (Å²) in [5.74, 6) is -0.0517. The van der Waals surface area contributed by atoms with E-state index >= 15 is 0 Å². The lowest BCUT2D eigenvalue weighted by Crippen LogP contribution is -2.63. The summed E-state index contributed by atoms with van der Waals surface area (Å²) in [5, 5.41) is 5.54. The molecule has 2 N–H and O–H groups in total. The molecule has 190 valence electrons. The quantitative estimate of drug-likeness (QED) is 0.620. The minimum Gasteiger partial charge on any atom is -0.497 e. The normalized spacial score (nSPS) is 19.8. The van der Waals surface area contributed by atoms with Gasteiger partial charge in [0, 0.05) is 30.8 Å². The van der Waals surface area contributed by atoms with E-state index in [9.17, 15) is 19.2 Å². The highest BCUT2D eigenvalue weighted by Crippen LogP contribution is 2.20. The maximum Gasteiger partial charge on any atom is 0.254 e. The maximum atomic E-state index is 13.4. The van der Waals surface area contributed by atoms with Crippen molar-refractivity contribution < 1.29 is 28.7 Å². The number of hydrogen-bond acceptors (Lipinski definition) is 6. The molecule has 2 saturated heterocycles. The number of carbonyl (C=O) groups excluding carboxylic acids is 4. The number of piperidine rings is 1. The van der Waals surface area contributed by atoms with E-state index in [0.29, 0.717) is 35.6 Å². The standard InChI is InChI=1S/C26H30N4O6/c1-35-19-9-5-17(6-10-19)25(33)29-14-15-30(26(34)18-7-11-20(36-2)12-8-18)22(16-29)24(32)28-21-4-3-13-27-23(21)31/h5-12,21-22H,3-4,13-16H2,1-2H3,(H,27,31)(H,28,32)/t21-,22-/m1/s1. The fourth-order valence-corrected chi connectivity index (χ4v) is 4.43. The van der Waals surface area contributed by atoms with E-state index in [1.807, 2.05) is 0 Å². The van der Waals surface area contributed by atoms with Crippen molar-refractivity contribution in [1.82, 2.24) is 20.4 Å². The zero-order chi connectivity index (χ0) is 25.7. The van der Waals surface area contributed by atoms with Gasteiger partial charge in [-0.3, -0.25) is 19.2 Å². The van der Waals surface area contributed by atoms with Crippen molar-refractivity contribution in [2.45, 2.75) is 24.9 Å². The van der Waals surface area contributed by atoms with Crippen LogP contribution in [0.4, 0.5) is 0 Å². The summed E-state index contributed by atoms with van der Waals surface area (Å²) in [6, 6.07) is 11.7. The zero-order valence-corrected chi connectivity index (χ0v) is 20.4. The molecule has 0 spiro atoms. The van der Waals surface area contributed by atoms with Gasteiger partial charge >= 0.3 is 0 Å². The van der Waals surface area contributed by atoms with Gasteiger partial charge in [0.05, 0.1) is 20.8 Å². The minimum absolute atomic E-state index is 0.00687. The van der Waals surface area contributed by atoms with Crippen molar-refractivity contribution in [3.8, 4) is 11.5 Å². The van der Waals surface area contributed by atoms with Crippen molar-refractivity contribution in [3.63, 3.8) is 0 Å². The lowest BCUT2D eigenvalue weighted by atomic mass is 10.0. The van der Waals surface area contributed by atoms with Gasteiger partial charge in [-0.15, -0.1) is 0 Å². The Morgan fingerprint density at radius 1 is 0.889 bits per heavy atom. The Balaban J connectivity index is 1.55. The topological polar surface area (TPSA) is 117 Å². The molecule has 4 amide bonds. The zero-order valence-electron chi connectivity index (χ0n) is 20.4. The first-order valence-electron chi connectivity index (χ1n) is 11.9. The molecule has 2 aliphatic rings. The second-order valence-corrected chi connectivity index (χ2v) is 8.72. The number of amides is 4. The maximum absolute atomic E-state index is 13.4. The highest BCUT2D eigenvalue weighted by Gasteiger charge is 2.39. The van der Waals surface area contributed by atoms with Gasteiger partial charge in [-0.25, -0.2) is 0 Å². The Morgan fingerprint density at radius 2 is 1.47 bits per heavy atom. The number of benzene rings is 2. The Bertz CT molecular complexity index is 1120. The second-order valence-electron chi connectivity index (χ2n) is 8.72. The van der Waals surface area contributed by atoms with Crippen LogP contribution >= 0.6 is 0 Å². The van der Waals surface area contributed by atoms with Gasteiger partial charge in [-0.05, 0) is 61.4 Å². The van der Waals surface area contributed by atoms with Crippen molar-refractivity contribution in [1.29, 1.82) is 0 Å². The average molecular weight is 495 g/mol. The summed E-state index contributed by atoms with van der Waals surface area (Å²) >= 11 is 0. The number of nitrogens with zero attached hydrogens (tertiary/aromatic N) is 2. The van der Waals surface area contributed by atoms with E-state index in [4.69, 9.17) is 9.47 Å². The number of nitrogens with one attached hydrogen (secondary N) is 2. The third kappa shape index (κ3) is 5.42. The molecule has 10 heteroatoms. The van der Waals surface area contributed by atoms with Crippen molar-refractivity contribution in [3.05, 3.63) is 59.7 Å². The van der Waals surface area contributed by atoms with Crippen molar-refractivity contribution >= 4 is 23.6 Å². The number of piperazine rings is 1. The predicted molar refractivity (Wildman–Crippen MR) is 131 cm³/mol. The molecule has 0 unspecified atom stereocenters. The first-order valence-corrected chi connectivity index (χ1v) is 11.9. The van der Waals surface area contributed by atoms with E-state index in [2.05, 4.69) is 10.6 Å². The van der Waals surface area contributed by atoms with E-state index in [0.717, 1.165) is 6.42 Å². The second kappa shape index (κ2) is 11.1. The lowest BCUT2D eigenvalue weighted by molar-refractivity contribution is -0.133. The Labute approximate surface area is 209 Å². The predicted octanol–water partition coefficient (Wildman–Crippen LogP) is 1.07. The number of hydrogen-bond donors (Lipinski definition) is 2. The van der Waals surface area contributed by atoms with Crippen LogP contribution in [-0.2, 0) is 9.59 Å². The van der Waals surface area contributed by atoms with Crippen LogP contribution in [0.25, 0.3) is 0 Å². The number of carbonyl (C=O) groups is 4. The molecule has 2 aliphatic heterocycles. The molecule has 2 atom stereocenters. The van der Waals surface area contributed by atoms with Gasteiger partial charge in [-0.2, -0.15) is 0 Å². The summed E-state index contributed by atoms with van der Waals surface area (Å²) in [7, 11) is 3.09. The first-order chi connectivity index (χ1) is 17.4. The summed E-state index contributed by atoms with van der Waals surface area (Å²) in [5.41, 5.74) is 0.857. The van der Waals surface area contributed by atoms with Crippen LogP contribution in [0.2, 0.25) is 0 Å². The molecule has 0 saturated carbocycles. The van der Waals surface area contributed by atoms with Gasteiger partial charge in [0.25, 0.3) is 11.8 Å². The van der Waals surface area contributed by atoms with Crippen LogP contribution in [0, 0.1) is 0 Å². The Hall–Kier alpha value is -4.08. The molecular formula is C26H30N4O6. The smallest absolute Gasteiger partial charge is 0.254 e. The van der Waals surface area contributed by atoms with E-state index < -0.39 is 18.0 Å². The number of ether oxygens (including phenoxy) is 2. The fourth-order valence-electron chi connectivity index (χ4n) is 4.43. The van der Waals surface area contributed by atoms with Crippen LogP contribution in [0.1, 0.15) is 33.6 Å². The number of rotatable bonds is 6. The average Bonchev–Trinajstić information content (AvgIpc) is 2.93. The summed E-state index contributed by atoms with van der Waals surface area (Å²) in [4.78, 5) is 55.2. The van der Waals surface area contributed by atoms with Crippen LogP contribution in [0.5, 0.6) is 11.5 Å². The van der Waals surface area contributed by atoms with Gasteiger partial charge in [0.2, 0.25) is 11.8 Å². The Morgan fingerprint density at radius 3 is 2.03 bits per heavy atom. The first kappa shape index (κ1) is 25.0. The summed E-state index contributed by atoms with van der Waals surface area (Å²) in [6.45, 7) is 1.01. The molecule has 0 aromatic heterocycles. The SMILES string of the molecule is COc1ccc(C(=O)N2CCN(C(=O)c3ccc(OC)cc3)[C@@H](C(=O)N[C@@H]3CCCNC3=O)C2)cc1. The molecule has 2 aromatic rings. The molecule has 2 fully saturated rings. The van der Waals surface area contributed by atoms with Crippen molar-refractivity contribution in [2.75, 3.05) is 40.4 Å². The minimum atomic E-state index is -0.953. The largest absolute Gasteiger partial charge is 0.497 e. The highest BCUT2D eigenvalue weighted by atomic mass is 16.5. The van der Waals surface area contributed by atoms with Crippen molar-refractivity contribution in [2.24, 2.45) is 0 Å². The van der Waals surface area contributed by atoms with Crippen LogP contribution in [0.3, 0.4) is 0 Å². The van der Waals surface area contributed by atoms with Crippen LogP contribution in [-0.4, -0.2) is 85.9 Å². The molecule has 4 rings (SSSR count). The third-order valence-corrected chi connectivity index (χ3v) is 6.51. The van der Waals surface area contributed by atoms with E-state index in [1.54, 1.807) is 60.5 Å². The molecule has 2 heterocycles. The highest BCUT2D eigenvalue weighted by molar-refractivity contribution is 6.00. The molecule has 36 heavy (non-hydrogen) atoms. The van der Waals surface area contributed by atoms with E-state index in [1.165, 1.54) is 12.0 Å². The Kier molecular flexibility index (Phi) is 7.72. The van der Waals surface area contributed by atoms with Gasteiger partial charge in [0.15, 0.2) is 0 Å². The molecule has 0 aliphatic carbocycles. The fraction of sp³-hybridized carbons (Fsp3) is 0.385. The monoisotopic (exact) mass is 494 g/mol. The van der Waals surface area contributed by atoms with E-state index in [-0.39, 0.29) is 37.4 Å². The van der Waals surface area contributed by atoms with Crippen LogP contribution in [0.15, 0.2) is 48.5 Å². The molecule has 0 radical (unpaired) electrons. The van der Waals surface area contributed by atoms with Gasteiger partial charge in [0.1, 0.15) is 23.6 Å². The summed E-state index contributed by atoms with van der Waals surface area (Å²) in [6.07, 6.45) is 1.27. The number of methoxy groups -OCH3 is 2. The molecular weight excluding hydrogens is 464 g/mol. The lowest BCUT2D eigenvalue weighted by Gasteiger charge is -2.41. The van der Waals surface area contributed by atoms with Gasteiger partial charge < -0.3 is 29.9 Å². The van der Waals surface area contributed by atoms with Gasteiger partial charge in [-0.1, -0.05) is 0 Å². The molecule has 10 nitrogen and oxygen atoms in total. The molecule has 0 bridgehead atoms. The summed E-state index contributed by atoms with van der Waals surface area (Å²) < 4.78 is 10.3. The van der Waals surface area contributed by atoms with Crippen LogP contribution < -0.4 is 20.1 Å².